The first kappa shape index (κ1) is 25.9. The molecule has 1 heterocycles. The first-order valence-corrected chi connectivity index (χ1v) is 12.3. The molecule has 36 heavy (non-hydrogen) atoms. The van der Waals surface area contributed by atoms with Crippen molar-refractivity contribution in [1.82, 2.24) is 15.2 Å². The first-order valence-electron chi connectivity index (χ1n) is 12.3. The van der Waals surface area contributed by atoms with E-state index in [1.807, 2.05) is 59.5 Å². The van der Waals surface area contributed by atoms with E-state index in [-0.39, 0.29) is 42.8 Å². The molecule has 0 aromatic heterocycles. The number of carbonyl (C=O) groups is 2. The number of hydrogen-bond acceptors (Lipinski definition) is 8. The molecule has 1 saturated heterocycles. The summed E-state index contributed by atoms with van der Waals surface area (Å²) in [6.07, 6.45) is 2.50. The average Bonchev–Trinajstić information content (AvgIpc) is 3.75. The highest BCUT2D eigenvalue weighted by atomic mass is 17.1. The third-order valence-electron chi connectivity index (χ3n) is 6.63. The molecule has 2 aromatic rings. The van der Waals surface area contributed by atoms with E-state index in [0.717, 1.165) is 29.8 Å². The summed E-state index contributed by atoms with van der Waals surface area (Å²) in [6, 6.07) is 17.3. The Morgan fingerprint density at radius 3 is 2.39 bits per heavy atom. The maximum absolute atomic E-state index is 14.0. The molecular weight excluding hydrogens is 464 g/mol. The van der Waals surface area contributed by atoms with Crippen LogP contribution in [-0.4, -0.2) is 82.9 Å². The molecule has 1 aliphatic carbocycles. The number of methoxy groups -OCH3 is 1. The maximum atomic E-state index is 14.0. The van der Waals surface area contributed by atoms with Crippen LogP contribution in [0.2, 0.25) is 0 Å². The summed E-state index contributed by atoms with van der Waals surface area (Å²) in [7, 11) is 1.62. The van der Waals surface area contributed by atoms with Gasteiger partial charge in [-0.2, -0.15) is 0 Å². The fourth-order valence-electron chi connectivity index (χ4n) is 4.58. The van der Waals surface area contributed by atoms with Crippen LogP contribution in [0.15, 0.2) is 54.6 Å². The Morgan fingerprint density at radius 2 is 1.75 bits per heavy atom. The molecule has 2 fully saturated rings. The lowest BCUT2D eigenvalue weighted by atomic mass is 10.1. The van der Waals surface area contributed by atoms with Gasteiger partial charge in [-0.05, 0) is 49.1 Å². The summed E-state index contributed by atoms with van der Waals surface area (Å²) in [5.41, 5.74) is 2.00. The second-order valence-electron chi connectivity index (χ2n) is 9.12. The summed E-state index contributed by atoms with van der Waals surface area (Å²) < 4.78 is 5.29. The average molecular weight is 499 g/mol. The molecule has 0 bridgehead atoms. The smallest absolute Gasteiger partial charge is 0.247 e. The number of hydrogen-bond donors (Lipinski definition) is 2. The van der Waals surface area contributed by atoms with Crippen molar-refractivity contribution in [3.8, 4) is 5.75 Å². The van der Waals surface area contributed by atoms with Gasteiger partial charge in [0.25, 0.3) is 0 Å². The maximum Gasteiger partial charge on any atom is 0.247 e. The Hall–Kier alpha value is -3.18. The zero-order valence-electron chi connectivity index (χ0n) is 20.5. The molecule has 194 valence electrons. The van der Waals surface area contributed by atoms with E-state index in [9.17, 15) is 9.59 Å². The number of amides is 2. The highest BCUT2D eigenvalue weighted by Crippen LogP contribution is 2.32. The van der Waals surface area contributed by atoms with Gasteiger partial charge in [-0.25, -0.2) is 0 Å². The monoisotopic (exact) mass is 498 g/mol. The Labute approximate surface area is 211 Å². The van der Waals surface area contributed by atoms with E-state index in [1.165, 1.54) is 0 Å². The van der Waals surface area contributed by atoms with Gasteiger partial charge in [-0.1, -0.05) is 30.3 Å². The molecule has 1 saturated carbocycles. The van der Waals surface area contributed by atoms with E-state index in [0.29, 0.717) is 26.1 Å². The Bertz CT molecular complexity index is 999. The molecule has 2 aliphatic rings. The van der Waals surface area contributed by atoms with Crippen LogP contribution < -0.4 is 9.64 Å². The van der Waals surface area contributed by atoms with Crippen molar-refractivity contribution in [3.05, 3.63) is 60.2 Å². The summed E-state index contributed by atoms with van der Waals surface area (Å²) >= 11 is 0. The number of benzene rings is 2. The van der Waals surface area contributed by atoms with E-state index < -0.39 is 6.04 Å². The molecule has 0 radical (unpaired) electrons. The molecule has 0 spiro atoms. The Balaban J connectivity index is 1.52. The predicted octanol–water partition coefficient (Wildman–Crippen LogP) is 2.70. The van der Waals surface area contributed by atoms with Gasteiger partial charge < -0.3 is 19.4 Å². The quantitative estimate of drug-likeness (QED) is 0.360. The van der Waals surface area contributed by atoms with Gasteiger partial charge in [0.05, 0.1) is 25.7 Å². The first-order chi connectivity index (χ1) is 17.5. The summed E-state index contributed by atoms with van der Waals surface area (Å²) in [4.78, 5) is 37.3. The standard InChI is InChI=1S/C26H34N4O6/c1-35-23-13-11-21(12-14-23)28-16-15-27(25(31)8-5-17-36-30(33)34)19-24(28)26(32)29(22-9-10-22)18-20-6-3-2-4-7-20/h2-4,6-7,11-14,22,24,33-34H,5,8-10,15-19H2,1H3/t24-/m1/s1. The van der Waals surface area contributed by atoms with Crippen LogP contribution in [0.5, 0.6) is 5.75 Å². The van der Waals surface area contributed by atoms with E-state index in [4.69, 9.17) is 15.2 Å². The lowest BCUT2D eigenvalue weighted by molar-refractivity contribution is -0.492. The van der Waals surface area contributed by atoms with Crippen LogP contribution in [-0.2, 0) is 21.0 Å². The fourth-order valence-corrected chi connectivity index (χ4v) is 4.58. The van der Waals surface area contributed by atoms with E-state index in [2.05, 4.69) is 9.74 Å². The number of anilines is 1. The zero-order chi connectivity index (χ0) is 25.5. The molecule has 1 atom stereocenters. The number of nitrogens with zero attached hydrogens (tertiary/aromatic N) is 4. The van der Waals surface area contributed by atoms with Crippen molar-refractivity contribution in [2.24, 2.45) is 0 Å². The normalized spacial score (nSPS) is 17.8. The van der Waals surface area contributed by atoms with Crippen LogP contribution in [0.1, 0.15) is 31.2 Å². The topological polar surface area (TPSA) is 106 Å². The van der Waals surface area contributed by atoms with Gasteiger partial charge in [0.2, 0.25) is 11.8 Å². The van der Waals surface area contributed by atoms with Gasteiger partial charge in [-0.15, -0.1) is 0 Å². The van der Waals surface area contributed by atoms with Crippen LogP contribution in [0.25, 0.3) is 0 Å². The summed E-state index contributed by atoms with van der Waals surface area (Å²) in [5, 5.41) is 17.0. The second-order valence-corrected chi connectivity index (χ2v) is 9.12. The van der Waals surface area contributed by atoms with Crippen molar-refractivity contribution in [2.45, 2.75) is 44.3 Å². The third-order valence-corrected chi connectivity index (χ3v) is 6.63. The highest BCUT2D eigenvalue weighted by molar-refractivity contribution is 5.88. The van der Waals surface area contributed by atoms with Crippen molar-refractivity contribution >= 4 is 17.5 Å². The lowest BCUT2D eigenvalue weighted by Crippen LogP contribution is -2.61. The van der Waals surface area contributed by atoms with Crippen molar-refractivity contribution in [2.75, 3.05) is 38.3 Å². The number of rotatable bonds is 11. The number of carbonyl (C=O) groups excluding carboxylic acids is 2. The second kappa shape index (κ2) is 12.2. The molecule has 10 nitrogen and oxygen atoms in total. The Kier molecular flexibility index (Phi) is 8.76. The molecule has 0 unspecified atom stereocenters. The fraction of sp³-hybridized carbons (Fsp3) is 0.462. The minimum Gasteiger partial charge on any atom is -0.497 e. The lowest BCUT2D eigenvalue weighted by Gasteiger charge is -2.43. The van der Waals surface area contributed by atoms with Crippen LogP contribution in [0, 0.1) is 0 Å². The van der Waals surface area contributed by atoms with Gasteiger partial charge >= 0.3 is 0 Å². The number of ether oxygens (including phenoxy) is 1. The highest BCUT2D eigenvalue weighted by Gasteiger charge is 2.41. The van der Waals surface area contributed by atoms with Crippen molar-refractivity contribution < 1.29 is 29.6 Å². The van der Waals surface area contributed by atoms with Crippen molar-refractivity contribution in [3.63, 3.8) is 0 Å². The molecule has 2 amide bonds. The molecule has 10 heteroatoms. The van der Waals surface area contributed by atoms with Gasteiger partial charge in [0.1, 0.15) is 11.8 Å². The SMILES string of the molecule is COc1ccc(N2CCN(C(=O)CCCON(O)O)C[C@@H]2C(=O)N(Cc2ccccc2)C2CC2)cc1. The summed E-state index contributed by atoms with van der Waals surface area (Å²) in [5.74, 6) is 0.675. The van der Waals surface area contributed by atoms with Gasteiger partial charge in [0, 0.05) is 37.8 Å². The van der Waals surface area contributed by atoms with Crippen LogP contribution in [0.3, 0.4) is 0 Å². The molecular formula is C26H34N4O6. The van der Waals surface area contributed by atoms with Crippen LogP contribution >= 0.6 is 0 Å². The zero-order valence-corrected chi connectivity index (χ0v) is 20.5. The van der Waals surface area contributed by atoms with Crippen LogP contribution in [0.4, 0.5) is 5.69 Å². The van der Waals surface area contributed by atoms with Gasteiger partial charge in [-0.3, -0.25) is 24.8 Å². The van der Waals surface area contributed by atoms with E-state index in [1.54, 1.807) is 12.0 Å². The Morgan fingerprint density at radius 1 is 1.03 bits per heavy atom. The summed E-state index contributed by atoms with van der Waals surface area (Å²) in [6.45, 7) is 1.84. The molecule has 2 aromatic carbocycles. The van der Waals surface area contributed by atoms with Crippen molar-refractivity contribution in [1.29, 1.82) is 0 Å². The molecule has 2 N–H and O–H groups in total. The minimum atomic E-state index is -0.512. The number of piperazine rings is 1. The minimum absolute atomic E-state index is 0.000550. The molecule has 4 rings (SSSR count). The predicted molar refractivity (Wildman–Crippen MR) is 131 cm³/mol. The molecule has 1 aliphatic heterocycles. The van der Waals surface area contributed by atoms with Gasteiger partial charge in [0.15, 0.2) is 0 Å². The third kappa shape index (κ3) is 6.73. The van der Waals surface area contributed by atoms with E-state index >= 15 is 0 Å². The largest absolute Gasteiger partial charge is 0.497 e.